The van der Waals surface area contributed by atoms with E-state index in [4.69, 9.17) is 5.11 Å². The third kappa shape index (κ3) is 5.10. The minimum Gasteiger partial charge on any atom is -0.395 e. The quantitative estimate of drug-likeness (QED) is 0.755. The number of hydrogen-bond donors (Lipinski definition) is 1. The van der Waals surface area contributed by atoms with Gasteiger partial charge < -0.3 is 5.11 Å². The number of Topliss-reactive ketones (excluding diaryl/α,β-unsaturated/α-hetero) is 1. The molecule has 2 aromatic rings. The number of carbonyl (C=O) groups excluding carboxylic acids is 1. The van der Waals surface area contributed by atoms with E-state index in [0.29, 0.717) is 25.2 Å². The Morgan fingerprint density at radius 3 is 2.48 bits per heavy atom. The molecule has 0 aliphatic carbocycles. The van der Waals surface area contributed by atoms with Gasteiger partial charge in [0.1, 0.15) is 5.69 Å². The number of nitrogens with zero attached hydrogens (tertiary/aromatic N) is 2. The molecule has 0 spiro atoms. The Labute approximate surface area is 125 Å². The zero-order chi connectivity index (χ0) is 14.9. The zero-order valence-corrected chi connectivity index (χ0v) is 12.0. The molecule has 2 rings (SSSR count). The van der Waals surface area contributed by atoms with E-state index in [1.807, 2.05) is 36.4 Å². The predicted molar refractivity (Wildman–Crippen MR) is 82.0 cm³/mol. The summed E-state index contributed by atoms with van der Waals surface area (Å²) in [6.07, 6.45) is 2.03. The molecule has 0 unspecified atom stereocenters. The van der Waals surface area contributed by atoms with E-state index < -0.39 is 0 Å². The van der Waals surface area contributed by atoms with Crippen LogP contribution in [0.2, 0.25) is 0 Å². The maximum atomic E-state index is 12.1. The highest BCUT2D eigenvalue weighted by Crippen LogP contribution is 2.06. The van der Waals surface area contributed by atoms with E-state index in [2.05, 4.69) is 9.88 Å². The minimum absolute atomic E-state index is 0.0339. The Bertz CT molecular complexity index is 543. The molecule has 0 atom stereocenters. The van der Waals surface area contributed by atoms with Crippen molar-refractivity contribution in [1.29, 1.82) is 0 Å². The van der Waals surface area contributed by atoms with E-state index >= 15 is 0 Å². The first-order chi connectivity index (χ1) is 10.3. The molecule has 21 heavy (non-hydrogen) atoms. The number of aliphatic hydroxyl groups is 1. The van der Waals surface area contributed by atoms with Crippen LogP contribution in [-0.4, -0.2) is 40.5 Å². The van der Waals surface area contributed by atoms with Crippen LogP contribution < -0.4 is 0 Å². The second-order valence-electron chi connectivity index (χ2n) is 4.87. The average Bonchev–Trinajstić information content (AvgIpc) is 2.54. The molecule has 4 nitrogen and oxygen atoms in total. The van der Waals surface area contributed by atoms with Crippen molar-refractivity contribution in [2.45, 2.75) is 13.0 Å². The van der Waals surface area contributed by atoms with Crippen LogP contribution in [0.25, 0.3) is 0 Å². The summed E-state index contributed by atoms with van der Waals surface area (Å²) < 4.78 is 0. The van der Waals surface area contributed by atoms with Gasteiger partial charge in [0, 0.05) is 32.3 Å². The highest BCUT2D eigenvalue weighted by Gasteiger charge is 2.11. The van der Waals surface area contributed by atoms with Crippen molar-refractivity contribution in [2.75, 3.05) is 19.7 Å². The van der Waals surface area contributed by atoms with Crippen molar-refractivity contribution in [3.8, 4) is 0 Å². The van der Waals surface area contributed by atoms with Gasteiger partial charge in [-0.2, -0.15) is 0 Å². The van der Waals surface area contributed by atoms with E-state index in [1.165, 1.54) is 5.56 Å². The maximum Gasteiger partial charge on any atom is 0.182 e. The third-order valence-electron chi connectivity index (χ3n) is 3.27. The van der Waals surface area contributed by atoms with E-state index in [-0.39, 0.29) is 12.4 Å². The number of aromatic nitrogens is 1. The zero-order valence-electron chi connectivity index (χ0n) is 12.0. The van der Waals surface area contributed by atoms with E-state index in [1.54, 1.807) is 18.3 Å². The molecule has 1 N–H and O–H groups in total. The van der Waals surface area contributed by atoms with Crippen molar-refractivity contribution >= 4 is 5.78 Å². The van der Waals surface area contributed by atoms with Crippen LogP contribution >= 0.6 is 0 Å². The van der Waals surface area contributed by atoms with Crippen molar-refractivity contribution < 1.29 is 9.90 Å². The molecule has 0 fully saturated rings. The SMILES string of the molecule is O=C(CCN(CCO)Cc1ccccc1)c1ccccn1. The fourth-order valence-corrected chi connectivity index (χ4v) is 2.17. The van der Waals surface area contributed by atoms with Gasteiger partial charge in [-0.1, -0.05) is 36.4 Å². The Morgan fingerprint density at radius 2 is 1.81 bits per heavy atom. The number of rotatable bonds is 8. The second kappa shape index (κ2) is 8.29. The largest absolute Gasteiger partial charge is 0.395 e. The molecule has 0 amide bonds. The van der Waals surface area contributed by atoms with Crippen LogP contribution in [0.4, 0.5) is 0 Å². The molecule has 110 valence electrons. The normalized spacial score (nSPS) is 10.8. The third-order valence-corrected chi connectivity index (χ3v) is 3.27. The van der Waals surface area contributed by atoms with Crippen LogP contribution in [0.15, 0.2) is 54.7 Å². The summed E-state index contributed by atoms with van der Waals surface area (Å²) in [6, 6.07) is 15.4. The molecule has 0 saturated heterocycles. The predicted octanol–water partition coefficient (Wildman–Crippen LogP) is 2.15. The van der Waals surface area contributed by atoms with Gasteiger partial charge in [0.2, 0.25) is 0 Å². The van der Waals surface area contributed by atoms with Gasteiger partial charge in [0.25, 0.3) is 0 Å². The lowest BCUT2D eigenvalue weighted by Gasteiger charge is -2.20. The molecule has 1 aromatic heterocycles. The Hall–Kier alpha value is -2.04. The molecular formula is C17H20N2O2. The molecule has 4 heteroatoms. The first kappa shape index (κ1) is 15.4. The van der Waals surface area contributed by atoms with Gasteiger partial charge in [-0.3, -0.25) is 14.7 Å². The molecule has 1 aromatic carbocycles. The average molecular weight is 284 g/mol. The van der Waals surface area contributed by atoms with Gasteiger partial charge in [0.15, 0.2) is 5.78 Å². The summed E-state index contributed by atoms with van der Waals surface area (Å²) in [6.45, 7) is 2.00. The van der Waals surface area contributed by atoms with E-state index in [9.17, 15) is 4.79 Å². The lowest BCUT2D eigenvalue weighted by atomic mass is 10.1. The summed E-state index contributed by atoms with van der Waals surface area (Å²) in [7, 11) is 0. The van der Waals surface area contributed by atoms with Crippen LogP contribution in [0.3, 0.4) is 0 Å². The highest BCUT2D eigenvalue weighted by molar-refractivity contribution is 5.94. The number of benzene rings is 1. The molecule has 0 bridgehead atoms. The molecule has 0 saturated carbocycles. The summed E-state index contributed by atoms with van der Waals surface area (Å²) in [4.78, 5) is 18.2. The number of ketones is 1. The second-order valence-corrected chi connectivity index (χ2v) is 4.87. The Kier molecular flexibility index (Phi) is 6.06. The summed E-state index contributed by atoms with van der Waals surface area (Å²) in [5.74, 6) is 0.0339. The number of hydrogen-bond acceptors (Lipinski definition) is 4. The lowest BCUT2D eigenvalue weighted by molar-refractivity contribution is 0.0949. The molecule has 0 aliphatic heterocycles. The topological polar surface area (TPSA) is 53.4 Å². The smallest absolute Gasteiger partial charge is 0.182 e. The van der Waals surface area contributed by atoms with Crippen LogP contribution in [0.5, 0.6) is 0 Å². The first-order valence-electron chi connectivity index (χ1n) is 7.11. The number of pyridine rings is 1. The molecule has 0 aliphatic rings. The van der Waals surface area contributed by atoms with Gasteiger partial charge in [-0.25, -0.2) is 0 Å². The monoisotopic (exact) mass is 284 g/mol. The summed E-state index contributed by atoms with van der Waals surface area (Å²) >= 11 is 0. The summed E-state index contributed by atoms with van der Waals surface area (Å²) in [5, 5.41) is 9.16. The highest BCUT2D eigenvalue weighted by atomic mass is 16.3. The Morgan fingerprint density at radius 1 is 1.05 bits per heavy atom. The van der Waals surface area contributed by atoms with Gasteiger partial charge in [-0.15, -0.1) is 0 Å². The molecule has 0 radical (unpaired) electrons. The minimum atomic E-state index is 0.0339. The number of aliphatic hydroxyl groups excluding tert-OH is 1. The van der Waals surface area contributed by atoms with Crippen LogP contribution in [0, 0.1) is 0 Å². The summed E-state index contributed by atoms with van der Waals surface area (Å²) in [5.41, 5.74) is 1.68. The van der Waals surface area contributed by atoms with Crippen molar-refractivity contribution in [3.05, 3.63) is 66.0 Å². The fourth-order valence-electron chi connectivity index (χ4n) is 2.17. The molecular weight excluding hydrogens is 264 g/mol. The van der Waals surface area contributed by atoms with Crippen molar-refractivity contribution in [3.63, 3.8) is 0 Å². The van der Waals surface area contributed by atoms with Crippen LogP contribution in [-0.2, 0) is 6.54 Å². The van der Waals surface area contributed by atoms with E-state index in [0.717, 1.165) is 6.54 Å². The van der Waals surface area contributed by atoms with Gasteiger partial charge in [0.05, 0.1) is 6.61 Å². The Balaban J connectivity index is 1.89. The standard InChI is InChI=1S/C17H20N2O2/c20-13-12-19(14-15-6-2-1-3-7-15)11-9-17(21)16-8-4-5-10-18-16/h1-8,10,20H,9,11-14H2. The maximum absolute atomic E-state index is 12.1. The lowest BCUT2D eigenvalue weighted by Crippen LogP contribution is -2.29. The van der Waals surface area contributed by atoms with Crippen LogP contribution in [0.1, 0.15) is 22.5 Å². The van der Waals surface area contributed by atoms with Gasteiger partial charge >= 0.3 is 0 Å². The van der Waals surface area contributed by atoms with Crippen molar-refractivity contribution in [2.24, 2.45) is 0 Å². The first-order valence-corrected chi connectivity index (χ1v) is 7.11. The fraction of sp³-hybridized carbons (Fsp3) is 0.294. The van der Waals surface area contributed by atoms with Crippen molar-refractivity contribution in [1.82, 2.24) is 9.88 Å². The number of carbonyl (C=O) groups is 1. The van der Waals surface area contributed by atoms with Gasteiger partial charge in [-0.05, 0) is 17.7 Å². The molecule has 1 heterocycles.